The zero-order valence-corrected chi connectivity index (χ0v) is 6.95. The Balaban J connectivity index is 3.38. The zero-order valence-electron chi connectivity index (χ0n) is 6.95. The third-order valence-electron chi connectivity index (χ3n) is 1.27. The van der Waals surface area contributed by atoms with Crippen LogP contribution in [0.1, 0.15) is 12.8 Å². The highest BCUT2D eigenvalue weighted by Crippen LogP contribution is 1.95. The van der Waals surface area contributed by atoms with Gasteiger partial charge in [0.2, 0.25) is 0 Å². The van der Waals surface area contributed by atoms with Gasteiger partial charge in [0.1, 0.15) is 0 Å². The number of hydrogen-bond donors (Lipinski definition) is 2. The van der Waals surface area contributed by atoms with Gasteiger partial charge in [0.15, 0.2) is 0 Å². The summed E-state index contributed by atoms with van der Waals surface area (Å²) in [4.78, 5) is 10.8. The van der Waals surface area contributed by atoms with E-state index < -0.39 is 5.97 Å². The minimum Gasteiger partial charge on any atom is -0.462 e. The van der Waals surface area contributed by atoms with E-state index in [1.807, 2.05) is 0 Å². The van der Waals surface area contributed by atoms with Gasteiger partial charge in [-0.05, 0) is 12.8 Å². The molecular weight excluding hydrogens is 160 g/mol. The second kappa shape index (κ2) is 6.82. The van der Waals surface area contributed by atoms with E-state index in [4.69, 9.17) is 10.2 Å². The second-order valence-corrected chi connectivity index (χ2v) is 2.33. The molecule has 0 radical (unpaired) electrons. The molecule has 0 aliphatic heterocycles. The molecule has 0 amide bonds. The molecule has 0 bridgehead atoms. The predicted octanol–water partition coefficient (Wildman–Crippen LogP) is -0.149. The van der Waals surface area contributed by atoms with Crippen LogP contribution in [-0.4, -0.2) is 36.0 Å². The lowest BCUT2D eigenvalue weighted by molar-refractivity contribution is -0.139. The van der Waals surface area contributed by atoms with Crippen LogP contribution in [0.5, 0.6) is 0 Å². The zero-order chi connectivity index (χ0) is 9.40. The average molecular weight is 174 g/mol. The fourth-order valence-corrected chi connectivity index (χ4v) is 0.545. The lowest BCUT2D eigenvalue weighted by Crippen LogP contribution is -2.10. The monoisotopic (exact) mass is 174 g/mol. The summed E-state index contributed by atoms with van der Waals surface area (Å²) in [5.74, 6) is -0.574. The van der Waals surface area contributed by atoms with E-state index in [2.05, 4.69) is 11.3 Å². The van der Waals surface area contributed by atoms with Crippen LogP contribution < -0.4 is 0 Å². The van der Waals surface area contributed by atoms with Crippen LogP contribution in [0.3, 0.4) is 0 Å². The summed E-state index contributed by atoms with van der Waals surface area (Å²) >= 11 is 0. The maximum Gasteiger partial charge on any atom is 0.335 e. The van der Waals surface area contributed by atoms with Crippen molar-refractivity contribution >= 4 is 5.97 Å². The molecule has 12 heavy (non-hydrogen) atoms. The largest absolute Gasteiger partial charge is 0.462 e. The van der Waals surface area contributed by atoms with Crippen LogP contribution >= 0.6 is 0 Å². The summed E-state index contributed by atoms with van der Waals surface area (Å²) < 4.78 is 4.69. The number of rotatable bonds is 6. The Labute approximate surface area is 71.5 Å². The highest BCUT2D eigenvalue weighted by Gasteiger charge is 2.05. The van der Waals surface area contributed by atoms with Gasteiger partial charge in [-0.1, -0.05) is 6.58 Å². The average Bonchev–Trinajstić information content (AvgIpc) is 2.10. The van der Waals surface area contributed by atoms with Crippen LogP contribution in [-0.2, 0) is 9.53 Å². The van der Waals surface area contributed by atoms with Gasteiger partial charge in [-0.3, -0.25) is 0 Å². The molecule has 0 fully saturated rings. The summed E-state index contributed by atoms with van der Waals surface area (Å²) in [7, 11) is 0. The fourth-order valence-electron chi connectivity index (χ4n) is 0.545. The van der Waals surface area contributed by atoms with Gasteiger partial charge in [0, 0.05) is 6.61 Å². The Kier molecular flexibility index (Phi) is 6.32. The molecule has 0 atom stereocenters. The Morgan fingerprint density at radius 3 is 2.50 bits per heavy atom. The predicted molar refractivity (Wildman–Crippen MR) is 43.5 cm³/mol. The van der Waals surface area contributed by atoms with Crippen LogP contribution in [0.2, 0.25) is 0 Å². The third-order valence-corrected chi connectivity index (χ3v) is 1.27. The Bertz CT molecular complexity index is 153. The van der Waals surface area contributed by atoms with Gasteiger partial charge >= 0.3 is 5.97 Å². The van der Waals surface area contributed by atoms with E-state index in [-0.39, 0.29) is 25.4 Å². The quantitative estimate of drug-likeness (QED) is 0.334. The van der Waals surface area contributed by atoms with Crippen molar-refractivity contribution < 1.29 is 19.7 Å². The first-order valence-corrected chi connectivity index (χ1v) is 3.79. The molecular formula is C8H14O4. The molecule has 0 aliphatic carbocycles. The van der Waals surface area contributed by atoms with Crippen LogP contribution in [0.4, 0.5) is 0 Å². The fraction of sp³-hybridized carbons (Fsp3) is 0.625. The second-order valence-electron chi connectivity index (χ2n) is 2.33. The lowest BCUT2D eigenvalue weighted by Gasteiger charge is -2.03. The van der Waals surface area contributed by atoms with E-state index in [0.29, 0.717) is 12.8 Å². The van der Waals surface area contributed by atoms with Gasteiger partial charge in [0.05, 0.1) is 18.8 Å². The number of aliphatic hydroxyl groups is 2. The van der Waals surface area contributed by atoms with Gasteiger partial charge < -0.3 is 14.9 Å². The molecule has 4 nitrogen and oxygen atoms in total. The minimum atomic E-state index is -0.574. The molecule has 2 N–H and O–H groups in total. The van der Waals surface area contributed by atoms with E-state index in [9.17, 15) is 4.79 Å². The topological polar surface area (TPSA) is 66.8 Å². The number of carbonyl (C=O) groups excluding carboxylic acids is 1. The first-order valence-electron chi connectivity index (χ1n) is 3.79. The van der Waals surface area contributed by atoms with Gasteiger partial charge in [-0.15, -0.1) is 0 Å². The number of unbranched alkanes of at least 4 members (excludes halogenated alkanes) is 1. The van der Waals surface area contributed by atoms with E-state index in [1.54, 1.807) is 0 Å². The lowest BCUT2D eigenvalue weighted by atomic mass is 10.3. The molecule has 0 unspecified atom stereocenters. The number of ether oxygens (including phenoxy) is 1. The third kappa shape index (κ3) is 4.87. The standard InChI is InChI=1S/C8H14O4/c1-7(6-10)8(11)12-5-3-2-4-9/h9-10H,1-6H2. The van der Waals surface area contributed by atoms with Gasteiger partial charge in [-0.25, -0.2) is 4.79 Å². The maximum absolute atomic E-state index is 10.8. The number of esters is 1. The molecule has 0 heterocycles. The summed E-state index contributed by atoms with van der Waals surface area (Å²) in [6, 6.07) is 0. The highest BCUT2D eigenvalue weighted by atomic mass is 16.5. The summed E-state index contributed by atoms with van der Waals surface area (Å²) in [6.45, 7) is 3.28. The van der Waals surface area contributed by atoms with E-state index >= 15 is 0 Å². The maximum atomic E-state index is 10.8. The molecule has 0 aliphatic rings. The Morgan fingerprint density at radius 2 is 2.00 bits per heavy atom. The van der Waals surface area contributed by atoms with Crippen LogP contribution in [0, 0.1) is 0 Å². The molecule has 4 heteroatoms. The van der Waals surface area contributed by atoms with Crippen molar-refractivity contribution in [2.45, 2.75) is 12.8 Å². The van der Waals surface area contributed by atoms with Crippen molar-refractivity contribution in [1.82, 2.24) is 0 Å². The summed E-state index contributed by atoms with van der Waals surface area (Å²) in [5, 5.41) is 16.9. The van der Waals surface area contributed by atoms with Crippen molar-refractivity contribution in [1.29, 1.82) is 0 Å². The van der Waals surface area contributed by atoms with Gasteiger partial charge in [0.25, 0.3) is 0 Å². The van der Waals surface area contributed by atoms with Crippen molar-refractivity contribution in [3.05, 3.63) is 12.2 Å². The van der Waals surface area contributed by atoms with Crippen molar-refractivity contribution in [2.75, 3.05) is 19.8 Å². The van der Waals surface area contributed by atoms with Crippen molar-refractivity contribution in [2.24, 2.45) is 0 Å². The number of aliphatic hydroxyl groups excluding tert-OH is 2. The SMILES string of the molecule is C=C(CO)C(=O)OCCCCO. The number of hydrogen-bond acceptors (Lipinski definition) is 4. The smallest absolute Gasteiger partial charge is 0.335 e. The van der Waals surface area contributed by atoms with Crippen LogP contribution in [0.25, 0.3) is 0 Å². The molecule has 70 valence electrons. The van der Waals surface area contributed by atoms with Crippen molar-refractivity contribution in [3.63, 3.8) is 0 Å². The Morgan fingerprint density at radius 1 is 1.33 bits per heavy atom. The molecule has 0 aromatic carbocycles. The molecule has 0 aromatic rings. The Hall–Kier alpha value is -0.870. The van der Waals surface area contributed by atoms with Crippen LogP contribution in [0.15, 0.2) is 12.2 Å². The number of carbonyl (C=O) groups is 1. The molecule has 0 spiro atoms. The van der Waals surface area contributed by atoms with Gasteiger partial charge in [-0.2, -0.15) is 0 Å². The minimum absolute atomic E-state index is 0.0546. The first kappa shape index (κ1) is 11.1. The summed E-state index contributed by atoms with van der Waals surface area (Å²) in [5.41, 5.74) is 0.0546. The molecule has 0 aromatic heterocycles. The van der Waals surface area contributed by atoms with Crippen molar-refractivity contribution in [3.8, 4) is 0 Å². The first-order chi connectivity index (χ1) is 5.72. The van der Waals surface area contributed by atoms with E-state index in [1.165, 1.54) is 0 Å². The summed E-state index contributed by atoms with van der Waals surface area (Å²) in [6.07, 6.45) is 1.24. The highest BCUT2D eigenvalue weighted by molar-refractivity contribution is 5.87. The van der Waals surface area contributed by atoms with E-state index in [0.717, 1.165) is 0 Å². The molecule has 0 saturated carbocycles. The molecule has 0 saturated heterocycles. The molecule has 0 rings (SSSR count). The normalized spacial score (nSPS) is 9.50.